The molecule has 3 N–H and O–H groups in total. The van der Waals surface area contributed by atoms with E-state index in [2.05, 4.69) is 212 Å². The number of halogens is 2. The summed E-state index contributed by atoms with van der Waals surface area (Å²) in [5.74, 6) is 1.50. The normalized spacial score (nSPS) is 10.7. The Hall–Kier alpha value is -6.10. The molecule has 0 spiro atoms. The second-order valence-corrected chi connectivity index (χ2v) is 22.5. The Labute approximate surface area is 430 Å². The van der Waals surface area contributed by atoms with Crippen LogP contribution in [0.1, 0.15) is 6.42 Å². The van der Waals surface area contributed by atoms with Crippen LogP contribution in [0.15, 0.2) is 231 Å². The molecule has 0 unspecified atom stereocenters. The first-order chi connectivity index (χ1) is 34.4. The first-order valence-electron chi connectivity index (χ1n) is 22.5. The molecule has 0 radical (unpaired) electrons. The van der Waals surface area contributed by atoms with Gasteiger partial charge in [-0.25, -0.2) is 19.9 Å². The number of hydrogen-bond acceptors (Lipinski definition) is 7. The Morgan fingerprint density at radius 1 is 0.529 bits per heavy atom. The molecule has 10 aromatic rings. The van der Waals surface area contributed by atoms with E-state index in [9.17, 15) is 0 Å². The molecule has 0 saturated carbocycles. The van der Waals surface area contributed by atoms with E-state index in [1.165, 1.54) is 31.8 Å². The maximum absolute atomic E-state index is 6.06. The molecule has 3 heterocycles. The number of nitrogen functional groups attached to an aromatic ring is 1. The molecule has 70 heavy (non-hydrogen) atoms. The second-order valence-electron chi connectivity index (χ2n) is 15.7. The van der Waals surface area contributed by atoms with Crippen molar-refractivity contribution in [3.05, 3.63) is 231 Å². The molecule has 0 fully saturated rings. The van der Waals surface area contributed by atoms with Gasteiger partial charge in [0.25, 0.3) is 0 Å². The molecule has 8 nitrogen and oxygen atoms in total. The fraction of sp³-hybridized carbons (Fsp3) is 0.0877. The number of nitrogens with one attached hydrogen (secondary N) is 1. The average Bonchev–Trinajstić information content (AvgIpc) is 3.85. The van der Waals surface area contributed by atoms with Gasteiger partial charge in [-0.3, -0.25) is 0 Å². The number of H-pyrrole nitrogens is 1. The predicted octanol–water partition coefficient (Wildman–Crippen LogP) is 11.3. The van der Waals surface area contributed by atoms with Crippen molar-refractivity contribution >= 4 is 83.6 Å². The minimum atomic E-state index is -0.446. The summed E-state index contributed by atoms with van der Waals surface area (Å²) in [5, 5.41) is 8.39. The van der Waals surface area contributed by atoms with Crippen LogP contribution in [0.4, 0.5) is 5.82 Å². The molecule has 0 atom stereocenters. The zero-order valence-electron chi connectivity index (χ0n) is 38.7. The van der Waals surface area contributed by atoms with Crippen molar-refractivity contribution in [2.45, 2.75) is 6.42 Å². The van der Waals surface area contributed by atoms with E-state index in [-0.39, 0.29) is 15.9 Å². The molecule has 0 amide bonds. The smallest absolute Gasteiger partial charge is 0.0134 e. The van der Waals surface area contributed by atoms with Gasteiger partial charge in [0.05, 0.1) is 29.5 Å². The molecule has 356 valence electrons. The monoisotopic (exact) mass is 1090 g/mol. The van der Waals surface area contributed by atoms with E-state index in [4.69, 9.17) is 29.5 Å². The van der Waals surface area contributed by atoms with Gasteiger partial charge in [-0.1, -0.05) is 194 Å². The van der Waals surface area contributed by atoms with E-state index in [1.807, 2.05) is 50.5 Å². The number of benzene rings is 7. The summed E-state index contributed by atoms with van der Waals surface area (Å²) in [6.45, 7) is 1.60. The number of nitrogens with two attached hydrogens (primary N) is 1. The average molecular weight is 1090 g/mol. The molecular weight excluding hydrogens is 1040 g/mol. The largest absolute Gasteiger partial charge is 0.0622 e. The third-order valence-corrected chi connectivity index (χ3v) is 15.4. The molecule has 0 saturated heterocycles. The van der Waals surface area contributed by atoms with Crippen molar-refractivity contribution in [1.82, 2.24) is 29.8 Å². The van der Waals surface area contributed by atoms with E-state index in [0.29, 0.717) is 35.5 Å². The van der Waals surface area contributed by atoms with Gasteiger partial charge in [0, 0.05) is 24.4 Å². The van der Waals surface area contributed by atoms with Gasteiger partial charge < -0.3 is 20.4 Å². The van der Waals surface area contributed by atoms with Crippen molar-refractivity contribution < 1.29 is 20.7 Å². The molecule has 7 aromatic carbocycles. The van der Waals surface area contributed by atoms with E-state index in [1.54, 1.807) is 12.4 Å². The quantitative estimate of drug-likeness (QED) is 0.0673. The fourth-order valence-corrected chi connectivity index (χ4v) is 11.9. The first kappa shape index (κ1) is 51.7. The SMILES string of the molecule is CN(C)CCCOc1ccc(-c2cnc(N)c(-c3nc4ccccc4[nH]3)n2)cn1.[Cl][Pd][Cl].c1ccc(P(c2ccccc2)c2ccccc2)cc1.c1ccc(P(c2ccccc2)c2ccccc2)cc1. The van der Waals surface area contributed by atoms with Crippen LogP contribution >= 0.6 is 34.9 Å². The van der Waals surface area contributed by atoms with Crippen LogP contribution in [0.25, 0.3) is 33.8 Å². The Morgan fingerprint density at radius 2 is 0.943 bits per heavy atom. The molecular formula is C57H53Cl2N7OP2Pd. The fourth-order valence-electron chi connectivity index (χ4n) is 7.31. The molecule has 0 aliphatic carbocycles. The van der Waals surface area contributed by atoms with Gasteiger partial charge in [0.2, 0.25) is 5.88 Å². The zero-order chi connectivity index (χ0) is 48.8. The van der Waals surface area contributed by atoms with Crippen LogP contribution < -0.4 is 42.3 Å². The minimum absolute atomic E-state index is 0.106. The number of ether oxygens (including phenoxy) is 1. The van der Waals surface area contributed by atoms with Crippen LogP contribution in [-0.2, 0) is 15.9 Å². The second kappa shape index (κ2) is 27.9. The maximum Gasteiger partial charge on any atom is -0.0134 e. The summed E-state index contributed by atoms with van der Waals surface area (Å²) in [4.78, 5) is 23.3. The Kier molecular flexibility index (Phi) is 20.6. The molecule has 0 bridgehead atoms. The van der Waals surface area contributed by atoms with Gasteiger partial charge in [0.1, 0.15) is 5.69 Å². The van der Waals surface area contributed by atoms with Crippen LogP contribution in [0.2, 0.25) is 0 Å². The Morgan fingerprint density at radius 3 is 1.33 bits per heavy atom. The number of hydrogen-bond donors (Lipinski definition) is 2. The number of imidazole rings is 1. The summed E-state index contributed by atoms with van der Waals surface area (Å²) in [7, 11) is 12.8. The Balaban J connectivity index is 0.000000155. The van der Waals surface area contributed by atoms with Crippen LogP contribution in [0.3, 0.4) is 0 Å². The molecule has 0 aliphatic heterocycles. The third-order valence-electron chi connectivity index (χ3n) is 10.5. The molecule has 3 aromatic heterocycles. The first-order valence-corrected chi connectivity index (χ1v) is 29.1. The van der Waals surface area contributed by atoms with Crippen molar-refractivity contribution in [1.29, 1.82) is 0 Å². The van der Waals surface area contributed by atoms with Gasteiger partial charge in [-0.15, -0.1) is 0 Å². The Bertz CT molecular complexity index is 2700. The van der Waals surface area contributed by atoms with Crippen molar-refractivity contribution in [3.8, 4) is 28.7 Å². The van der Waals surface area contributed by atoms with Gasteiger partial charge >= 0.3 is 35.0 Å². The zero-order valence-corrected chi connectivity index (χ0v) is 43.6. The number of anilines is 1. The minimum Gasteiger partial charge on any atom is -0.0622 e. The summed E-state index contributed by atoms with van der Waals surface area (Å²) in [6.07, 6.45) is 4.31. The maximum atomic E-state index is 6.06. The summed E-state index contributed by atoms with van der Waals surface area (Å²) in [5.41, 5.74) is 9.85. The third kappa shape index (κ3) is 15.2. The molecule has 0 aliphatic rings. The van der Waals surface area contributed by atoms with Crippen LogP contribution in [-0.4, -0.2) is 57.1 Å². The van der Waals surface area contributed by atoms with E-state index >= 15 is 0 Å². The number of rotatable bonds is 13. The summed E-state index contributed by atoms with van der Waals surface area (Å²) >= 11 is -0.106. The summed E-state index contributed by atoms with van der Waals surface area (Å²) < 4.78 is 5.68. The topological polar surface area (TPSA) is 106 Å². The van der Waals surface area contributed by atoms with E-state index in [0.717, 1.165) is 29.6 Å². The van der Waals surface area contributed by atoms with Crippen LogP contribution in [0.5, 0.6) is 5.88 Å². The van der Waals surface area contributed by atoms with Crippen molar-refractivity contribution in [2.24, 2.45) is 0 Å². The van der Waals surface area contributed by atoms with Crippen LogP contribution in [0, 0.1) is 0 Å². The number of nitrogens with zero attached hydrogens (tertiary/aromatic N) is 5. The number of fused-ring (bicyclic) bond motifs is 1. The predicted molar refractivity (Wildman–Crippen MR) is 295 cm³/mol. The number of aromatic nitrogens is 5. The van der Waals surface area contributed by atoms with Crippen molar-refractivity contribution in [3.63, 3.8) is 0 Å². The molecule has 10 rings (SSSR count). The molecule has 13 heteroatoms. The van der Waals surface area contributed by atoms with Gasteiger partial charge in [0.15, 0.2) is 11.6 Å². The number of aromatic amines is 1. The summed E-state index contributed by atoms with van der Waals surface area (Å²) in [6, 6.07) is 76.2. The van der Waals surface area contributed by atoms with Gasteiger partial charge in [-0.2, -0.15) is 0 Å². The number of pyridine rings is 1. The number of para-hydroxylation sites is 2. The van der Waals surface area contributed by atoms with E-state index < -0.39 is 15.8 Å². The van der Waals surface area contributed by atoms with Crippen molar-refractivity contribution in [2.75, 3.05) is 33.0 Å². The van der Waals surface area contributed by atoms with Gasteiger partial charge in [-0.05, 0) is 86.4 Å². The standard InChI is InChI=1S/C21H23N7O.2C18H15P.2ClH.Pd/c1-28(2)10-5-11-29-18-9-8-14(12-23-18)17-13-24-20(22)19(25-17)21-26-15-6-3-4-7-16(15)27-21;2*1-4-10-16(11-5-1)19(17-12-6-2-7-13-17)18-14-8-3-9-15-18;;;/h3-4,6-9,12-13H,5,10-11H2,1-2H3,(H2,22,24)(H,26,27);2*1-15H;2*1H;/q;;;;;+2/p-2.